The van der Waals surface area contributed by atoms with Crippen LogP contribution in [-0.4, -0.2) is 56.3 Å². The average molecular weight is 366 g/mol. The molecule has 2 rings (SSSR count). The summed E-state index contributed by atoms with van der Waals surface area (Å²) in [6.45, 7) is 9.41. The predicted molar refractivity (Wildman–Crippen MR) is 96.3 cm³/mol. The summed E-state index contributed by atoms with van der Waals surface area (Å²) < 4.78 is 5.31. The van der Waals surface area contributed by atoms with Gasteiger partial charge in [-0.2, -0.15) is 0 Å². The van der Waals surface area contributed by atoms with Crippen molar-refractivity contribution < 1.29 is 19.4 Å². The number of nitrogens with zero attached hydrogens (tertiary/aromatic N) is 2. The van der Waals surface area contributed by atoms with Gasteiger partial charge in [0.1, 0.15) is 17.5 Å². The third kappa shape index (κ3) is 4.97. The molecular formula is C18H30N4O4. The Balaban J connectivity index is 2.18. The minimum atomic E-state index is -0.724. The molecule has 8 heteroatoms. The van der Waals surface area contributed by atoms with E-state index in [2.05, 4.69) is 15.3 Å². The molecule has 1 aliphatic rings. The van der Waals surface area contributed by atoms with E-state index < -0.39 is 23.8 Å². The molecule has 1 aliphatic heterocycles. The van der Waals surface area contributed by atoms with Gasteiger partial charge in [0.05, 0.1) is 12.1 Å². The Morgan fingerprint density at radius 1 is 1.50 bits per heavy atom. The van der Waals surface area contributed by atoms with Gasteiger partial charge in [-0.15, -0.1) is 0 Å². The number of β-amino-alcohol motifs (C(OH)–C–C–N with tert-alkyl or cyclic N) is 1. The molecule has 1 aromatic rings. The van der Waals surface area contributed by atoms with E-state index in [0.29, 0.717) is 18.7 Å². The summed E-state index contributed by atoms with van der Waals surface area (Å²) in [6, 6.07) is -1.06. The highest BCUT2D eigenvalue weighted by molar-refractivity contribution is 5.86. The van der Waals surface area contributed by atoms with Crippen LogP contribution in [0.4, 0.5) is 4.79 Å². The second kappa shape index (κ2) is 8.07. The molecule has 0 radical (unpaired) electrons. The number of aliphatic hydroxyl groups excluding tert-OH is 1. The van der Waals surface area contributed by atoms with Crippen LogP contribution in [0.5, 0.6) is 0 Å². The minimum Gasteiger partial charge on any atom is -0.444 e. The van der Waals surface area contributed by atoms with Crippen molar-refractivity contribution in [1.82, 2.24) is 20.2 Å². The summed E-state index contributed by atoms with van der Waals surface area (Å²) in [5.41, 5.74) is -0.645. The van der Waals surface area contributed by atoms with Gasteiger partial charge in [-0.05, 0) is 26.7 Å². The number of H-pyrrole nitrogens is 1. The van der Waals surface area contributed by atoms with Crippen LogP contribution < -0.4 is 5.32 Å². The Morgan fingerprint density at radius 3 is 2.73 bits per heavy atom. The van der Waals surface area contributed by atoms with E-state index in [4.69, 9.17) is 4.74 Å². The monoisotopic (exact) mass is 366 g/mol. The molecule has 2 heterocycles. The second-order valence-electron chi connectivity index (χ2n) is 7.88. The highest BCUT2D eigenvalue weighted by atomic mass is 16.6. The molecule has 4 atom stereocenters. The van der Waals surface area contributed by atoms with Gasteiger partial charge in [0.15, 0.2) is 0 Å². The SMILES string of the molecule is CC[C@H](C)[C@H](NC(=O)OC(C)(C)C)C(=O)N1C[C@H](O)C[C@H]1c1ncc[nH]1. The molecule has 2 amide bonds. The molecule has 1 fully saturated rings. The van der Waals surface area contributed by atoms with Crippen LogP contribution in [0.2, 0.25) is 0 Å². The molecule has 3 N–H and O–H groups in total. The number of likely N-dealkylation sites (tertiary alicyclic amines) is 1. The maximum Gasteiger partial charge on any atom is 0.408 e. The number of alkyl carbamates (subject to hydrolysis) is 1. The van der Waals surface area contributed by atoms with Gasteiger partial charge >= 0.3 is 6.09 Å². The van der Waals surface area contributed by atoms with Crippen LogP contribution in [-0.2, 0) is 9.53 Å². The standard InChI is InChI=1S/C18H30N4O4/c1-6-11(2)14(21-17(25)26-18(3,4)5)16(24)22-10-12(23)9-13(22)15-19-7-8-20-15/h7-8,11-14,23H,6,9-10H2,1-5H3,(H,19,20)(H,21,25)/t11-,12+,13-,14-/m0/s1. The normalized spacial score (nSPS) is 22.8. The average Bonchev–Trinajstić information content (AvgIpc) is 3.18. The van der Waals surface area contributed by atoms with E-state index >= 15 is 0 Å². The summed E-state index contributed by atoms with van der Waals surface area (Å²) in [5.74, 6) is 0.322. The number of aromatic amines is 1. The number of hydrogen-bond acceptors (Lipinski definition) is 5. The van der Waals surface area contributed by atoms with Crippen LogP contribution in [0.15, 0.2) is 12.4 Å². The van der Waals surface area contributed by atoms with Gasteiger partial charge in [-0.25, -0.2) is 9.78 Å². The number of hydrogen-bond donors (Lipinski definition) is 3. The zero-order valence-corrected chi connectivity index (χ0v) is 16.2. The molecule has 1 saturated heterocycles. The molecule has 0 saturated carbocycles. The number of aromatic nitrogens is 2. The summed E-state index contributed by atoms with van der Waals surface area (Å²) in [4.78, 5) is 34.2. The van der Waals surface area contributed by atoms with Crippen molar-refractivity contribution in [3.8, 4) is 0 Å². The highest BCUT2D eigenvalue weighted by Gasteiger charge is 2.41. The molecule has 0 aromatic carbocycles. The number of aliphatic hydroxyl groups is 1. The van der Waals surface area contributed by atoms with Crippen LogP contribution >= 0.6 is 0 Å². The van der Waals surface area contributed by atoms with Crippen molar-refractivity contribution in [2.75, 3.05) is 6.54 Å². The van der Waals surface area contributed by atoms with Crippen LogP contribution in [0.25, 0.3) is 0 Å². The fourth-order valence-corrected chi connectivity index (χ4v) is 3.07. The zero-order chi connectivity index (χ0) is 19.5. The smallest absolute Gasteiger partial charge is 0.408 e. The Morgan fingerprint density at radius 2 is 2.19 bits per heavy atom. The summed E-state index contributed by atoms with van der Waals surface area (Å²) in [6.07, 6.45) is 3.20. The number of ether oxygens (including phenoxy) is 1. The number of imidazole rings is 1. The van der Waals surface area contributed by atoms with Crippen molar-refractivity contribution in [2.45, 2.75) is 71.2 Å². The van der Waals surface area contributed by atoms with Gasteiger partial charge in [0.25, 0.3) is 0 Å². The fourth-order valence-electron chi connectivity index (χ4n) is 3.07. The number of carbonyl (C=O) groups excluding carboxylic acids is 2. The van der Waals surface area contributed by atoms with Gasteiger partial charge in [0.2, 0.25) is 5.91 Å². The van der Waals surface area contributed by atoms with Gasteiger partial charge in [-0.3, -0.25) is 4.79 Å². The largest absolute Gasteiger partial charge is 0.444 e. The lowest BCUT2D eigenvalue weighted by Crippen LogP contribution is -2.52. The molecule has 0 spiro atoms. The van der Waals surface area contributed by atoms with Crippen molar-refractivity contribution in [2.24, 2.45) is 5.92 Å². The summed E-state index contributed by atoms with van der Waals surface area (Å²) in [7, 11) is 0. The minimum absolute atomic E-state index is 0.0787. The lowest BCUT2D eigenvalue weighted by atomic mass is 9.97. The van der Waals surface area contributed by atoms with E-state index in [1.807, 2.05) is 13.8 Å². The van der Waals surface area contributed by atoms with Crippen molar-refractivity contribution in [3.63, 3.8) is 0 Å². The lowest BCUT2D eigenvalue weighted by molar-refractivity contribution is -0.136. The predicted octanol–water partition coefficient (Wildman–Crippen LogP) is 1.98. The van der Waals surface area contributed by atoms with E-state index in [0.717, 1.165) is 0 Å². The first-order valence-corrected chi connectivity index (χ1v) is 9.09. The van der Waals surface area contributed by atoms with E-state index in [1.165, 1.54) is 0 Å². The molecule has 8 nitrogen and oxygen atoms in total. The van der Waals surface area contributed by atoms with Crippen LogP contribution in [0.1, 0.15) is 59.3 Å². The topological polar surface area (TPSA) is 108 Å². The molecule has 146 valence electrons. The van der Waals surface area contributed by atoms with E-state index in [1.54, 1.807) is 38.1 Å². The number of amides is 2. The van der Waals surface area contributed by atoms with Crippen LogP contribution in [0, 0.1) is 5.92 Å². The second-order valence-corrected chi connectivity index (χ2v) is 7.88. The van der Waals surface area contributed by atoms with Crippen LogP contribution in [0.3, 0.4) is 0 Å². The fraction of sp³-hybridized carbons (Fsp3) is 0.722. The Labute approximate surface area is 154 Å². The van der Waals surface area contributed by atoms with Crippen molar-refractivity contribution in [1.29, 1.82) is 0 Å². The molecular weight excluding hydrogens is 336 g/mol. The van der Waals surface area contributed by atoms with Gasteiger partial charge in [0, 0.05) is 25.4 Å². The molecule has 0 bridgehead atoms. The molecule has 0 unspecified atom stereocenters. The lowest BCUT2D eigenvalue weighted by Gasteiger charge is -2.31. The maximum atomic E-state index is 13.2. The quantitative estimate of drug-likeness (QED) is 0.738. The van der Waals surface area contributed by atoms with Crippen molar-refractivity contribution in [3.05, 3.63) is 18.2 Å². The van der Waals surface area contributed by atoms with Gasteiger partial charge < -0.3 is 25.0 Å². The first kappa shape index (κ1) is 20.2. The summed E-state index contributed by atoms with van der Waals surface area (Å²) in [5, 5.41) is 12.8. The zero-order valence-electron chi connectivity index (χ0n) is 16.2. The number of nitrogens with one attached hydrogen (secondary N) is 2. The molecule has 0 aliphatic carbocycles. The summed E-state index contributed by atoms with van der Waals surface area (Å²) >= 11 is 0. The number of rotatable bonds is 5. The Bertz CT molecular complexity index is 611. The molecule has 1 aromatic heterocycles. The van der Waals surface area contributed by atoms with Gasteiger partial charge in [-0.1, -0.05) is 20.3 Å². The third-order valence-corrected chi connectivity index (χ3v) is 4.55. The van der Waals surface area contributed by atoms with E-state index in [-0.39, 0.29) is 24.4 Å². The first-order valence-electron chi connectivity index (χ1n) is 9.09. The molecule has 26 heavy (non-hydrogen) atoms. The third-order valence-electron chi connectivity index (χ3n) is 4.55. The number of carbonyl (C=O) groups is 2. The maximum absolute atomic E-state index is 13.2. The Hall–Kier alpha value is -2.09. The highest BCUT2D eigenvalue weighted by Crippen LogP contribution is 2.31. The Kier molecular flexibility index (Phi) is 6.28. The van der Waals surface area contributed by atoms with Crippen molar-refractivity contribution >= 4 is 12.0 Å². The first-order chi connectivity index (χ1) is 12.1. The van der Waals surface area contributed by atoms with E-state index in [9.17, 15) is 14.7 Å².